The van der Waals surface area contributed by atoms with Crippen LogP contribution in [0.25, 0.3) is 0 Å². The number of fused-ring (bicyclic) bond motifs is 1. The van der Waals surface area contributed by atoms with Crippen LogP contribution in [0.2, 0.25) is 0 Å². The Morgan fingerprint density at radius 3 is 2.68 bits per heavy atom. The molecule has 0 bridgehead atoms. The molecule has 3 rings (SSSR count). The van der Waals surface area contributed by atoms with Gasteiger partial charge in [0.2, 0.25) is 0 Å². The summed E-state index contributed by atoms with van der Waals surface area (Å²) in [5.41, 5.74) is 2.34. The highest BCUT2D eigenvalue weighted by Crippen LogP contribution is 2.42. The lowest BCUT2D eigenvalue weighted by atomic mass is 9.90. The molecular formula is C15H18O4. The lowest BCUT2D eigenvalue weighted by Gasteiger charge is -2.23. The number of furan rings is 1. The van der Waals surface area contributed by atoms with Crippen LogP contribution < -0.4 is 4.74 Å². The third kappa shape index (κ3) is 1.95. The molecule has 1 aromatic heterocycles. The van der Waals surface area contributed by atoms with Crippen LogP contribution in [-0.4, -0.2) is 13.1 Å². The minimum Gasteiger partial charge on any atom is -0.493 e. The molecule has 19 heavy (non-hydrogen) atoms. The van der Waals surface area contributed by atoms with E-state index in [4.69, 9.17) is 13.9 Å². The van der Waals surface area contributed by atoms with Crippen LogP contribution in [0.15, 0.2) is 15.7 Å². The maximum Gasteiger partial charge on any atom is 0.311 e. The van der Waals surface area contributed by atoms with Crippen molar-refractivity contribution in [2.45, 2.75) is 45.4 Å². The van der Waals surface area contributed by atoms with Crippen molar-refractivity contribution in [3.05, 3.63) is 28.4 Å². The number of rotatable bonds is 2. The smallest absolute Gasteiger partial charge is 0.311 e. The fourth-order valence-electron chi connectivity index (χ4n) is 2.80. The van der Waals surface area contributed by atoms with Gasteiger partial charge in [0.25, 0.3) is 0 Å². The topological polar surface area (TPSA) is 48.7 Å². The quantitative estimate of drug-likeness (QED) is 0.768. The first-order valence-corrected chi connectivity index (χ1v) is 6.70. The van der Waals surface area contributed by atoms with E-state index in [1.54, 1.807) is 7.11 Å². The number of methoxy groups -OCH3 is 1. The molecular weight excluding hydrogens is 244 g/mol. The second-order valence-corrected chi connectivity index (χ2v) is 5.41. The lowest BCUT2D eigenvalue weighted by molar-refractivity contribution is -0.140. The number of allylic oxidation sites excluding steroid dienone is 2. The van der Waals surface area contributed by atoms with E-state index in [0.717, 1.165) is 41.4 Å². The largest absolute Gasteiger partial charge is 0.493 e. The zero-order valence-electron chi connectivity index (χ0n) is 11.5. The summed E-state index contributed by atoms with van der Waals surface area (Å²) in [6.45, 7) is 4.17. The number of esters is 1. The van der Waals surface area contributed by atoms with Gasteiger partial charge in [0, 0.05) is 24.3 Å². The molecule has 0 saturated heterocycles. The van der Waals surface area contributed by atoms with E-state index in [2.05, 4.69) is 13.8 Å². The standard InChI is InChI=1S/C15H18O4/c1-8(2)14-15(17-3)10-6-9-4-5-13(16)18-11(9)7-12(10)19-14/h8H,4-7H2,1-3H3. The number of ether oxygens (including phenoxy) is 2. The number of hydrogen-bond donors (Lipinski definition) is 0. The van der Waals surface area contributed by atoms with Crippen LogP contribution in [0, 0.1) is 0 Å². The molecule has 2 heterocycles. The molecule has 0 spiro atoms. The summed E-state index contributed by atoms with van der Waals surface area (Å²) in [6, 6.07) is 0. The Bertz CT molecular complexity index is 563. The van der Waals surface area contributed by atoms with E-state index in [0.29, 0.717) is 12.8 Å². The van der Waals surface area contributed by atoms with Crippen molar-refractivity contribution in [1.29, 1.82) is 0 Å². The highest BCUT2D eigenvalue weighted by molar-refractivity contribution is 5.73. The predicted molar refractivity (Wildman–Crippen MR) is 69.1 cm³/mol. The number of carbonyl (C=O) groups excluding carboxylic acids is 1. The molecule has 0 fully saturated rings. The Morgan fingerprint density at radius 1 is 1.21 bits per heavy atom. The van der Waals surface area contributed by atoms with E-state index in [9.17, 15) is 4.79 Å². The lowest BCUT2D eigenvalue weighted by Crippen LogP contribution is -2.19. The Labute approximate surface area is 112 Å². The molecule has 0 saturated carbocycles. The normalized spacial score (nSPS) is 18.2. The van der Waals surface area contributed by atoms with Gasteiger partial charge in [-0.3, -0.25) is 4.79 Å². The van der Waals surface area contributed by atoms with E-state index < -0.39 is 0 Å². The molecule has 0 N–H and O–H groups in total. The molecule has 102 valence electrons. The monoisotopic (exact) mass is 262 g/mol. The van der Waals surface area contributed by atoms with Gasteiger partial charge in [-0.15, -0.1) is 0 Å². The second-order valence-electron chi connectivity index (χ2n) is 5.41. The average Bonchev–Trinajstić information content (AvgIpc) is 2.73. The van der Waals surface area contributed by atoms with Crippen molar-refractivity contribution in [3.8, 4) is 5.75 Å². The fraction of sp³-hybridized carbons (Fsp3) is 0.533. The Hall–Kier alpha value is -1.71. The summed E-state index contributed by atoms with van der Waals surface area (Å²) in [6.07, 6.45) is 2.61. The van der Waals surface area contributed by atoms with Gasteiger partial charge < -0.3 is 13.9 Å². The first kappa shape index (κ1) is 12.3. The van der Waals surface area contributed by atoms with Crippen LogP contribution >= 0.6 is 0 Å². The Balaban J connectivity index is 2.00. The Morgan fingerprint density at radius 2 is 2.00 bits per heavy atom. The summed E-state index contributed by atoms with van der Waals surface area (Å²) < 4.78 is 16.8. The second kappa shape index (κ2) is 4.44. The molecule has 1 aliphatic carbocycles. The van der Waals surface area contributed by atoms with Gasteiger partial charge >= 0.3 is 5.97 Å². The van der Waals surface area contributed by atoms with Gasteiger partial charge in [0.1, 0.15) is 17.3 Å². The van der Waals surface area contributed by atoms with E-state index in [1.807, 2.05) is 0 Å². The van der Waals surface area contributed by atoms with Crippen LogP contribution in [0.4, 0.5) is 0 Å². The minimum absolute atomic E-state index is 0.134. The molecule has 1 aromatic rings. The zero-order valence-corrected chi connectivity index (χ0v) is 11.5. The first-order valence-electron chi connectivity index (χ1n) is 6.70. The van der Waals surface area contributed by atoms with E-state index >= 15 is 0 Å². The van der Waals surface area contributed by atoms with Crippen LogP contribution in [0.3, 0.4) is 0 Å². The van der Waals surface area contributed by atoms with Crippen molar-refractivity contribution >= 4 is 5.97 Å². The molecule has 0 unspecified atom stereocenters. The molecule has 2 aliphatic rings. The highest BCUT2D eigenvalue weighted by atomic mass is 16.5. The number of carbonyl (C=O) groups is 1. The van der Waals surface area contributed by atoms with Crippen molar-refractivity contribution in [1.82, 2.24) is 0 Å². The summed E-state index contributed by atoms with van der Waals surface area (Å²) in [5, 5.41) is 0. The van der Waals surface area contributed by atoms with Crippen molar-refractivity contribution in [2.75, 3.05) is 7.11 Å². The predicted octanol–water partition coefficient (Wildman–Crippen LogP) is 3.10. The molecule has 0 aromatic carbocycles. The molecule has 1 aliphatic heterocycles. The maximum absolute atomic E-state index is 11.4. The van der Waals surface area contributed by atoms with Crippen LogP contribution in [0.1, 0.15) is 49.7 Å². The minimum atomic E-state index is -0.134. The summed E-state index contributed by atoms with van der Waals surface area (Å²) in [5.74, 6) is 3.57. The molecule has 0 atom stereocenters. The van der Waals surface area contributed by atoms with Gasteiger partial charge in [0.05, 0.1) is 13.5 Å². The molecule has 4 nitrogen and oxygen atoms in total. The third-order valence-electron chi connectivity index (χ3n) is 3.77. The first-order chi connectivity index (χ1) is 9.10. The summed E-state index contributed by atoms with van der Waals surface area (Å²) in [7, 11) is 1.68. The van der Waals surface area contributed by atoms with Crippen LogP contribution in [0.5, 0.6) is 5.75 Å². The molecule has 4 heteroatoms. The van der Waals surface area contributed by atoms with Gasteiger partial charge in [-0.2, -0.15) is 0 Å². The highest BCUT2D eigenvalue weighted by Gasteiger charge is 2.32. The van der Waals surface area contributed by atoms with Crippen LogP contribution in [-0.2, 0) is 22.4 Å². The van der Waals surface area contributed by atoms with Crippen molar-refractivity contribution < 1.29 is 18.7 Å². The third-order valence-corrected chi connectivity index (χ3v) is 3.77. The molecule has 0 amide bonds. The van der Waals surface area contributed by atoms with E-state index in [-0.39, 0.29) is 11.9 Å². The Kier molecular flexibility index (Phi) is 2.88. The van der Waals surface area contributed by atoms with Gasteiger partial charge in [0.15, 0.2) is 5.75 Å². The zero-order chi connectivity index (χ0) is 13.6. The summed E-state index contributed by atoms with van der Waals surface area (Å²) >= 11 is 0. The van der Waals surface area contributed by atoms with E-state index in [1.165, 1.54) is 5.57 Å². The average molecular weight is 262 g/mol. The fourth-order valence-corrected chi connectivity index (χ4v) is 2.80. The van der Waals surface area contributed by atoms with Gasteiger partial charge in [-0.25, -0.2) is 0 Å². The SMILES string of the molecule is COc1c(C(C)C)oc2c1CC1=C(C2)OC(=O)CC1. The van der Waals surface area contributed by atoms with Crippen molar-refractivity contribution in [3.63, 3.8) is 0 Å². The summed E-state index contributed by atoms with van der Waals surface area (Å²) in [4.78, 5) is 11.4. The van der Waals surface area contributed by atoms with Gasteiger partial charge in [-0.1, -0.05) is 13.8 Å². The maximum atomic E-state index is 11.4. The molecule has 0 radical (unpaired) electrons. The van der Waals surface area contributed by atoms with Gasteiger partial charge in [-0.05, 0) is 12.0 Å². The number of hydrogen-bond acceptors (Lipinski definition) is 4. The van der Waals surface area contributed by atoms with Crippen molar-refractivity contribution in [2.24, 2.45) is 0 Å².